The number of aliphatic hydroxyl groups is 1. The average Bonchev–Trinajstić information content (AvgIpc) is 2.41. The number of rotatable bonds is 6. The highest BCUT2D eigenvalue weighted by Crippen LogP contribution is 2.47. The number of alkyl halides is 3. The number of halogens is 3. The minimum atomic E-state index is -4.84. The number of ether oxygens (including phenoxy) is 1. The predicted molar refractivity (Wildman–Crippen MR) is 70.3 cm³/mol. The van der Waals surface area contributed by atoms with E-state index in [1.807, 2.05) is 0 Å². The molecule has 0 aliphatic rings. The number of carbonyl (C=O) groups is 1. The van der Waals surface area contributed by atoms with E-state index in [0.29, 0.717) is 6.42 Å². The number of unbranched alkanes of at least 4 members (excludes halogenated alkanes) is 1. The Hall–Kier alpha value is -1.76. The summed E-state index contributed by atoms with van der Waals surface area (Å²) in [5.74, 6) is 0. The third kappa shape index (κ3) is 3.66. The van der Waals surface area contributed by atoms with Crippen LogP contribution in [0.2, 0.25) is 0 Å². The molecule has 7 heteroatoms. The standard InChI is InChI=1S/C14H18F3NO3/c1-2-3-8-13(14(15,16)17,21-12(18)20)11-7-5-4-6-10(11)9-19/h4-7,19H,2-3,8-9H2,1H3,(H2,18,20). The summed E-state index contributed by atoms with van der Waals surface area (Å²) in [6.45, 7) is 1.13. The van der Waals surface area contributed by atoms with Crippen molar-refractivity contribution in [3.8, 4) is 0 Å². The summed E-state index contributed by atoms with van der Waals surface area (Å²) in [6, 6.07) is 5.44. The molecule has 1 aromatic carbocycles. The van der Waals surface area contributed by atoms with E-state index in [1.165, 1.54) is 24.3 Å². The first-order valence-corrected chi connectivity index (χ1v) is 6.53. The number of aliphatic hydroxyl groups excluding tert-OH is 1. The number of nitrogens with two attached hydrogens (primary N) is 1. The number of carbonyl (C=O) groups excluding carboxylic acids is 1. The van der Waals surface area contributed by atoms with Crippen LogP contribution >= 0.6 is 0 Å². The van der Waals surface area contributed by atoms with E-state index < -0.39 is 30.9 Å². The number of primary amides is 1. The van der Waals surface area contributed by atoms with Gasteiger partial charge >= 0.3 is 12.3 Å². The predicted octanol–water partition coefficient (Wildman–Crippen LogP) is 3.22. The third-order valence-electron chi connectivity index (χ3n) is 3.24. The van der Waals surface area contributed by atoms with E-state index in [1.54, 1.807) is 6.92 Å². The van der Waals surface area contributed by atoms with Crippen molar-refractivity contribution in [2.45, 2.75) is 44.6 Å². The zero-order valence-electron chi connectivity index (χ0n) is 11.6. The third-order valence-corrected chi connectivity index (χ3v) is 3.24. The summed E-state index contributed by atoms with van der Waals surface area (Å²) in [7, 11) is 0. The van der Waals surface area contributed by atoms with Crippen LogP contribution in [0, 0.1) is 0 Å². The molecule has 0 spiro atoms. The van der Waals surface area contributed by atoms with E-state index in [9.17, 15) is 23.1 Å². The summed E-state index contributed by atoms with van der Waals surface area (Å²) in [4.78, 5) is 11.0. The fraction of sp³-hybridized carbons (Fsp3) is 0.500. The van der Waals surface area contributed by atoms with Crippen LogP contribution in [0.4, 0.5) is 18.0 Å². The van der Waals surface area contributed by atoms with Crippen LogP contribution in [-0.2, 0) is 16.9 Å². The maximum atomic E-state index is 13.6. The minimum absolute atomic E-state index is 0.0483. The molecule has 0 fully saturated rings. The normalized spacial score (nSPS) is 14.5. The summed E-state index contributed by atoms with van der Waals surface area (Å²) in [6.07, 6.45) is -6.13. The monoisotopic (exact) mass is 305 g/mol. The van der Waals surface area contributed by atoms with Gasteiger partial charge in [0.1, 0.15) is 0 Å². The van der Waals surface area contributed by atoms with Gasteiger partial charge in [0.25, 0.3) is 0 Å². The lowest BCUT2D eigenvalue weighted by Crippen LogP contribution is -2.48. The molecule has 1 amide bonds. The zero-order chi connectivity index (χ0) is 16.1. The van der Waals surface area contributed by atoms with Gasteiger partial charge in [-0.15, -0.1) is 0 Å². The Labute approximate surface area is 120 Å². The van der Waals surface area contributed by atoms with Gasteiger partial charge < -0.3 is 15.6 Å². The molecular weight excluding hydrogens is 287 g/mol. The van der Waals surface area contributed by atoms with E-state index >= 15 is 0 Å². The van der Waals surface area contributed by atoms with E-state index in [-0.39, 0.29) is 17.5 Å². The van der Waals surface area contributed by atoms with Crippen LogP contribution in [0.5, 0.6) is 0 Å². The van der Waals surface area contributed by atoms with E-state index in [0.717, 1.165) is 0 Å². The molecule has 1 atom stereocenters. The quantitative estimate of drug-likeness (QED) is 0.847. The molecule has 118 valence electrons. The molecule has 4 nitrogen and oxygen atoms in total. The maximum Gasteiger partial charge on any atom is 0.432 e. The van der Waals surface area contributed by atoms with Crippen LogP contribution in [-0.4, -0.2) is 17.4 Å². The number of hydrogen-bond acceptors (Lipinski definition) is 3. The molecule has 0 radical (unpaired) electrons. The van der Waals surface area contributed by atoms with Gasteiger partial charge in [-0.25, -0.2) is 4.79 Å². The van der Waals surface area contributed by atoms with Crippen molar-refractivity contribution < 1.29 is 27.8 Å². The second-order valence-electron chi connectivity index (χ2n) is 4.66. The Bertz CT molecular complexity index is 491. The van der Waals surface area contributed by atoms with Gasteiger partial charge in [-0.05, 0) is 12.0 Å². The first kappa shape index (κ1) is 17.3. The lowest BCUT2D eigenvalue weighted by atomic mass is 9.84. The number of benzene rings is 1. The lowest BCUT2D eigenvalue weighted by Gasteiger charge is -2.36. The maximum absolute atomic E-state index is 13.6. The summed E-state index contributed by atoms with van der Waals surface area (Å²) >= 11 is 0. The van der Waals surface area contributed by atoms with Crippen molar-refractivity contribution in [3.63, 3.8) is 0 Å². The fourth-order valence-corrected chi connectivity index (χ4v) is 2.24. The van der Waals surface area contributed by atoms with Gasteiger partial charge in [-0.2, -0.15) is 13.2 Å². The molecule has 1 aromatic rings. The van der Waals surface area contributed by atoms with Crippen LogP contribution in [0.1, 0.15) is 37.3 Å². The summed E-state index contributed by atoms with van der Waals surface area (Å²) in [5, 5.41) is 9.27. The molecule has 0 aliphatic heterocycles. The molecule has 0 bridgehead atoms. The Morgan fingerprint density at radius 2 is 1.95 bits per heavy atom. The highest BCUT2D eigenvalue weighted by Gasteiger charge is 2.59. The van der Waals surface area contributed by atoms with Crippen LogP contribution in [0.15, 0.2) is 24.3 Å². The highest BCUT2D eigenvalue weighted by molar-refractivity contribution is 5.66. The van der Waals surface area contributed by atoms with Crippen molar-refractivity contribution in [2.24, 2.45) is 5.73 Å². The van der Waals surface area contributed by atoms with Gasteiger partial charge in [0, 0.05) is 12.0 Å². The largest absolute Gasteiger partial charge is 0.432 e. The zero-order valence-corrected chi connectivity index (χ0v) is 11.6. The first-order chi connectivity index (χ1) is 9.78. The molecule has 1 rings (SSSR count). The molecule has 0 aromatic heterocycles. The van der Waals surface area contributed by atoms with Crippen molar-refractivity contribution in [2.75, 3.05) is 0 Å². The van der Waals surface area contributed by atoms with Crippen LogP contribution in [0.25, 0.3) is 0 Å². The molecule has 0 heterocycles. The first-order valence-electron chi connectivity index (χ1n) is 6.53. The Morgan fingerprint density at radius 1 is 1.33 bits per heavy atom. The number of amides is 1. The fourth-order valence-electron chi connectivity index (χ4n) is 2.24. The molecule has 1 unspecified atom stereocenters. The van der Waals surface area contributed by atoms with Gasteiger partial charge in [0.2, 0.25) is 5.60 Å². The van der Waals surface area contributed by atoms with Crippen molar-refractivity contribution in [1.29, 1.82) is 0 Å². The SMILES string of the molecule is CCCCC(OC(N)=O)(c1ccccc1CO)C(F)(F)F. The summed E-state index contributed by atoms with van der Waals surface area (Å²) in [5.41, 5.74) is 1.78. The van der Waals surface area contributed by atoms with Crippen molar-refractivity contribution >= 4 is 6.09 Å². The van der Waals surface area contributed by atoms with Crippen molar-refractivity contribution in [1.82, 2.24) is 0 Å². The van der Waals surface area contributed by atoms with Crippen molar-refractivity contribution in [3.05, 3.63) is 35.4 Å². The highest BCUT2D eigenvalue weighted by atomic mass is 19.4. The Morgan fingerprint density at radius 3 is 2.43 bits per heavy atom. The van der Waals surface area contributed by atoms with Gasteiger partial charge in [-0.1, -0.05) is 37.6 Å². The van der Waals surface area contributed by atoms with Gasteiger partial charge in [-0.3, -0.25) is 0 Å². The van der Waals surface area contributed by atoms with Crippen LogP contribution < -0.4 is 5.73 Å². The van der Waals surface area contributed by atoms with E-state index in [2.05, 4.69) is 4.74 Å². The smallest absolute Gasteiger partial charge is 0.428 e. The molecule has 0 saturated carbocycles. The van der Waals surface area contributed by atoms with Crippen LogP contribution in [0.3, 0.4) is 0 Å². The molecular formula is C14H18F3NO3. The lowest BCUT2D eigenvalue weighted by molar-refractivity contribution is -0.267. The Kier molecular flexibility index (Phi) is 5.60. The second kappa shape index (κ2) is 6.80. The molecule has 21 heavy (non-hydrogen) atoms. The summed E-state index contributed by atoms with van der Waals surface area (Å²) < 4.78 is 45.5. The molecule has 3 N–H and O–H groups in total. The van der Waals surface area contributed by atoms with Gasteiger partial charge in [0.05, 0.1) is 6.61 Å². The second-order valence-corrected chi connectivity index (χ2v) is 4.66. The Balaban J connectivity index is 3.49. The number of hydrogen-bond donors (Lipinski definition) is 2. The topological polar surface area (TPSA) is 72.5 Å². The van der Waals surface area contributed by atoms with Gasteiger partial charge in [0.15, 0.2) is 0 Å². The minimum Gasteiger partial charge on any atom is -0.428 e. The average molecular weight is 305 g/mol. The van der Waals surface area contributed by atoms with E-state index in [4.69, 9.17) is 5.73 Å². The molecule has 0 saturated heterocycles. The molecule has 0 aliphatic carbocycles.